The molecule has 0 heterocycles. The molecule has 0 amide bonds. The van der Waals surface area contributed by atoms with Gasteiger partial charge in [0, 0.05) is 0 Å². The van der Waals surface area contributed by atoms with Gasteiger partial charge in [-0.05, 0) is 105 Å². The summed E-state index contributed by atoms with van der Waals surface area (Å²) in [5, 5.41) is 30.7. The predicted molar refractivity (Wildman–Crippen MR) is 141 cm³/mol. The first-order valence-electron chi connectivity index (χ1n) is 13.4. The number of benzene rings is 1. The van der Waals surface area contributed by atoms with Gasteiger partial charge in [-0.15, -0.1) is 0 Å². The number of allylic oxidation sites excluding steroid dienone is 3. The van der Waals surface area contributed by atoms with Gasteiger partial charge in [0.2, 0.25) is 0 Å². The van der Waals surface area contributed by atoms with Crippen molar-refractivity contribution in [2.45, 2.75) is 90.4 Å². The Balaban J connectivity index is 1.43. The number of fused-ring (bicyclic) bond motifs is 1. The first kappa shape index (κ1) is 26.2. The fourth-order valence-electron chi connectivity index (χ4n) is 6.95. The normalized spacial score (nSPS) is 33.5. The monoisotopic (exact) mass is 480 g/mol. The fraction of sp³-hybridized carbons (Fsp3) is 0.613. The van der Waals surface area contributed by atoms with Crippen LogP contribution >= 0.6 is 0 Å². The molecule has 4 nitrogen and oxygen atoms in total. The van der Waals surface area contributed by atoms with E-state index in [2.05, 4.69) is 32.6 Å². The number of hydrogen-bond acceptors (Lipinski definition) is 4. The standard InChI is InChI=1S/C31H44O4/c1-20(19-35-25-10-6-9-24(18-25)30(3,4)34)26-13-14-27-23(8-7-15-31(26,27)5)12-11-22-16-28(32)21(2)29(33)17-22/h6,9-12,18,20,26-29,32-34H,2,7-8,13-17,19H2,1,3-5H3/b23-12+/t20-,26+,27?,28+,29+,31+/m0/s1. The summed E-state index contributed by atoms with van der Waals surface area (Å²) in [6.07, 6.45) is 10.4. The van der Waals surface area contributed by atoms with Crippen LogP contribution in [0.4, 0.5) is 0 Å². The van der Waals surface area contributed by atoms with Gasteiger partial charge in [0.25, 0.3) is 0 Å². The Morgan fingerprint density at radius 2 is 1.89 bits per heavy atom. The SMILES string of the molecule is C=C1[C@H](O)CC(=C/C=C2\CCC[C@@]3(C)C2CC[C@@H]3[C@@H](C)COc2cccc(C(C)(C)O)c2)C[C@H]1O. The van der Waals surface area contributed by atoms with E-state index < -0.39 is 17.8 Å². The molecule has 3 fully saturated rings. The number of rotatable bonds is 6. The van der Waals surface area contributed by atoms with E-state index in [1.165, 1.54) is 31.3 Å². The second kappa shape index (κ2) is 10.2. The summed E-state index contributed by atoms with van der Waals surface area (Å²) in [7, 11) is 0. The largest absolute Gasteiger partial charge is 0.493 e. The summed E-state index contributed by atoms with van der Waals surface area (Å²) in [6, 6.07) is 7.82. The van der Waals surface area contributed by atoms with E-state index in [4.69, 9.17) is 4.74 Å². The maximum atomic E-state index is 10.3. The van der Waals surface area contributed by atoms with Crippen molar-refractivity contribution < 1.29 is 20.1 Å². The van der Waals surface area contributed by atoms with Crippen molar-refractivity contribution in [3.8, 4) is 5.75 Å². The first-order chi connectivity index (χ1) is 16.5. The van der Waals surface area contributed by atoms with E-state index in [-0.39, 0.29) is 5.41 Å². The number of hydrogen-bond donors (Lipinski definition) is 3. The van der Waals surface area contributed by atoms with Crippen LogP contribution in [0.3, 0.4) is 0 Å². The second-order valence-electron chi connectivity index (χ2n) is 12.1. The van der Waals surface area contributed by atoms with E-state index >= 15 is 0 Å². The van der Waals surface area contributed by atoms with Crippen molar-refractivity contribution in [3.63, 3.8) is 0 Å². The molecule has 3 N–H and O–H groups in total. The molecule has 0 bridgehead atoms. The lowest BCUT2D eigenvalue weighted by Gasteiger charge is -2.44. The lowest BCUT2D eigenvalue weighted by molar-refractivity contribution is 0.0727. The van der Waals surface area contributed by atoms with Gasteiger partial charge in [-0.2, -0.15) is 0 Å². The van der Waals surface area contributed by atoms with Crippen molar-refractivity contribution in [1.82, 2.24) is 0 Å². The molecule has 1 aromatic carbocycles. The molecule has 3 saturated carbocycles. The Morgan fingerprint density at radius 3 is 2.57 bits per heavy atom. The Bertz CT molecular complexity index is 968. The highest BCUT2D eigenvalue weighted by Gasteiger charge is 2.50. The average Bonchev–Trinajstić information content (AvgIpc) is 3.16. The number of ether oxygens (including phenoxy) is 1. The Labute approximate surface area is 211 Å². The first-order valence-corrected chi connectivity index (χ1v) is 13.4. The third-order valence-electron chi connectivity index (χ3n) is 9.08. The molecule has 3 aliphatic rings. The molecule has 3 aliphatic carbocycles. The highest BCUT2D eigenvalue weighted by atomic mass is 16.5. The molecule has 0 aliphatic heterocycles. The van der Waals surface area contributed by atoms with Gasteiger partial charge in [-0.1, -0.05) is 55.9 Å². The predicted octanol–water partition coefficient (Wildman–Crippen LogP) is 6.07. The smallest absolute Gasteiger partial charge is 0.119 e. The Morgan fingerprint density at radius 1 is 1.17 bits per heavy atom. The molecular formula is C31H44O4. The van der Waals surface area contributed by atoms with Crippen LogP contribution in [0.25, 0.3) is 0 Å². The van der Waals surface area contributed by atoms with Crippen LogP contribution in [-0.2, 0) is 5.60 Å². The zero-order valence-electron chi connectivity index (χ0n) is 22.0. The molecule has 35 heavy (non-hydrogen) atoms. The highest BCUT2D eigenvalue weighted by Crippen LogP contribution is 2.59. The molecule has 192 valence electrons. The molecule has 6 atom stereocenters. The Kier molecular flexibility index (Phi) is 7.66. The lowest BCUT2D eigenvalue weighted by atomic mass is 9.61. The summed E-state index contributed by atoms with van der Waals surface area (Å²) in [5.41, 5.74) is 3.46. The van der Waals surface area contributed by atoms with Crippen molar-refractivity contribution in [2.75, 3.05) is 6.61 Å². The quantitative estimate of drug-likeness (QED) is 0.432. The molecule has 0 aromatic heterocycles. The molecule has 1 unspecified atom stereocenters. The van der Waals surface area contributed by atoms with E-state index in [0.717, 1.165) is 23.3 Å². The van der Waals surface area contributed by atoms with Gasteiger partial charge < -0.3 is 20.1 Å². The van der Waals surface area contributed by atoms with Crippen LogP contribution in [0.2, 0.25) is 0 Å². The minimum atomic E-state index is -0.876. The van der Waals surface area contributed by atoms with E-state index in [0.29, 0.717) is 42.8 Å². The van der Waals surface area contributed by atoms with Gasteiger partial charge >= 0.3 is 0 Å². The maximum Gasteiger partial charge on any atom is 0.119 e. The van der Waals surface area contributed by atoms with Crippen LogP contribution in [0, 0.1) is 23.2 Å². The van der Waals surface area contributed by atoms with Crippen molar-refractivity contribution >= 4 is 0 Å². The minimum Gasteiger partial charge on any atom is -0.493 e. The fourth-order valence-corrected chi connectivity index (χ4v) is 6.95. The summed E-state index contributed by atoms with van der Waals surface area (Å²) < 4.78 is 6.23. The summed E-state index contributed by atoms with van der Waals surface area (Å²) in [4.78, 5) is 0. The zero-order chi connectivity index (χ0) is 25.4. The average molecular weight is 481 g/mol. The highest BCUT2D eigenvalue weighted by molar-refractivity contribution is 5.32. The van der Waals surface area contributed by atoms with E-state index in [9.17, 15) is 15.3 Å². The summed E-state index contributed by atoms with van der Waals surface area (Å²) in [5.74, 6) is 2.48. The van der Waals surface area contributed by atoms with Crippen LogP contribution in [0.5, 0.6) is 5.75 Å². The zero-order valence-corrected chi connectivity index (χ0v) is 22.0. The minimum absolute atomic E-state index is 0.278. The van der Waals surface area contributed by atoms with Crippen molar-refractivity contribution in [3.05, 3.63) is 65.3 Å². The van der Waals surface area contributed by atoms with Gasteiger partial charge in [-0.25, -0.2) is 0 Å². The summed E-state index contributed by atoms with van der Waals surface area (Å²) >= 11 is 0. The van der Waals surface area contributed by atoms with Gasteiger partial charge in [-0.3, -0.25) is 0 Å². The van der Waals surface area contributed by atoms with E-state index in [1.807, 2.05) is 24.3 Å². The molecule has 0 saturated heterocycles. The summed E-state index contributed by atoms with van der Waals surface area (Å²) in [6.45, 7) is 12.9. The van der Waals surface area contributed by atoms with Crippen LogP contribution in [0.15, 0.2) is 59.7 Å². The second-order valence-corrected chi connectivity index (χ2v) is 12.1. The Hall–Kier alpha value is -1.88. The van der Waals surface area contributed by atoms with Gasteiger partial charge in [0.1, 0.15) is 5.75 Å². The molecule has 1 aromatic rings. The van der Waals surface area contributed by atoms with Gasteiger partial charge in [0.05, 0.1) is 24.4 Å². The van der Waals surface area contributed by atoms with E-state index in [1.54, 1.807) is 13.8 Å². The molecule has 0 radical (unpaired) electrons. The van der Waals surface area contributed by atoms with Crippen molar-refractivity contribution in [1.29, 1.82) is 0 Å². The molecule has 4 heteroatoms. The van der Waals surface area contributed by atoms with Gasteiger partial charge in [0.15, 0.2) is 0 Å². The molecule has 4 rings (SSSR count). The molecular weight excluding hydrogens is 436 g/mol. The number of aliphatic hydroxyl groups is 3. The maximum absolute atomic E-state index is 10.3. The van der Waals surface area contributed by atoms with Crippen LogP contribution in [0.1, 0.15) is 78.2 Å². The molecule has 0 spiro atoms. The number of aliphatic hydroxyl groups excluding tert-OH is 2. The lowest BCUT2D eigenvalue weighted by Crippen LogP contribution is -2.37. The van der Waals surface area contributed by atoms with Crippen LogP contribution in [-0.4, -0.2) is 34.1 Å². The topological polar surface area (TPSA) is 69.9 Å². The van der Waals surface area contributed by atoms with Crippen molar-refractivity contribution in [2.24, 2.45) is 23.2 Å². The third kappa shape index (κ3) is 5.60. The third-order valence-corrected chi connectivity index (χ3v) is 9.08. The van der Waals surface area contributed by atoms with Crippen LogP contribution < -0.4 is 4.74 Å².